The lowest BCUT2D eigenvalue weighted by atomic mass is 9.90. The van der Waals surface area contributed by atoms with Gasteiger partial charge in [-0.2, -0.15) is 0 Å². The molecule has 0 amide bonds. The molecule has 1 aliphatic rings. The smallest absolute Gasteiger partial charge is 0.138 e. The van der Waals surface area contributed by atoms with Crippen LogP contribution in [-0.4, -0.2) is 41.2 Å². The summed E-state index contributed by atoms with van der Waals surface area (Å²) in [4.78, 5) is 15.0. The fourth-order valence-corrected chi connectivity index (χ4v) is 3.80. The van der Waals surface area contributed by atoms with Gasteiger partial charge >= 0.3 is 0 Å². The van der Waals surface area contributed by atoms with Crippen molar-refractivity contribution in [3.05, 3.63) is 97.4 Å². The van der Waals surface area contributed by atoms with Gasteiger partial charge in [-0.3, -0.25) is 4.99 Å². The fraction of sp³-hybridized carbons (Fsp3) is 0.310. The maximum atomic E-state index is 4.87. The van der Waals surface area contributed by atoms with Crippen LogP contribution in [0.5, 0.6) is 0 Å². The average Bonchev–Trinajstić information content (AvgIpc) is 3.28. The summed E-state index contributed by atoms with van der Waals surface area (Å²) in [5.74, 6) is 1.29. The first-order valence-electron chi connectivity index (χ1n) is 11.6. The summed E-state index contributed by atoms with van der Waals surface area (Å²) < 4.78 is 0. The van der Waals surface area contributed by atoms with E-state index in [4.69, 9.17) is 4.98 Å². The topological polar surface area (TPSA) is 44.3 Å². The summed E-state index contributed by atoms with van der Waals surface area (Å²) in [6, 6.07) is 10.8. The lowest BCUT2D eigenvalue weighted by Gasteiger charge is -2.35. The third kappa shape index (κ3) is 7.69. The highest BCUT2D eigenvalue weighted by Crippen LogP contribution is 2.34. The lowest BCUT2D eigenvalue weighted by Crippen LogP contribution is -2.38. The van der Waals surface area contributed by atoms with E-state index in [0.717, 1.165) is 47.9 Å². The van der Waals surface area contributed by atoms with Crippen molar-refractivity contribution in [1.82, 2.24) is 14.9 Å². The van der Waals surface area contributed by atoms with Crippen molar-refractivity contribution >= 4 is 12.4 Å². The summed E-state index contributed by atoms with van der Waals surface area (Å²) in [6.07, 6.45) is 16.8. The van der Waals surface area contributed by atoms with E-state index in [1.165, 1.54) is 6.42 Å². The Morgan fingerprint density at radius 2 is 1.91 bits per heavy atom. The van der Waals surface area contributed by atoms with Crippen LogP contribution in [0.15, 0.2) is 91.0 Å². The third-order valence-electron chi connectivity index (χ3n) is 5.80. The molecule has 0 spiro atoms. The third-order valence-corrected chi connectivity index (χ3v) is 5.80. The molecule has 2 atom stereocenters. The van der Waals surface area contributed by atoms with Crippen molar-refractivity contribution < 1.29 is 0 Å². The molecule has 0 radical (unpaired) electrons. The van der Waals surface area contributed by atoms with Gasteiger partial charge in [0.05, 0.1) is 5.70 Å². The zero-order chi connectivity index (χ0) is 24.1. The van der Waals surface area contributed by atoms with Crippen LogP contribution in [0.25, 0.3) is 17.1 Å². The number of likely N-dealkylation sites (N-methyl/N-ethyl adjacent to an activating group) is 1. The minimum absolute atomic E-state index is 0.413. The van der Waals surface area contributed by atoms with Crippen molar-refractivity contribution in [2.75, 3.05) is 13.6 Å². The van der Waals surface area contributed by atoms with E-state index in [1.807, 2.05) is 42.5 Å². The van der Waals surface area contributed by atoms with Gasteiger partial charge in [0, 0.05) is 29.8 Å². The molecule has 1 N–H and O–H groups in total. The Balaban J connectivity index is 0.000000414. The Hall–Kier alpha value is -3.24. The first-order chi connectivity index (χ1) is 16.0. The standard InChI is InChI=1S/C21H26N4.C8H12/c1-5-9-18(22-3)20-19(17-13-12-15(2)25(4)14-17)23-21(24-20)16-10-7-6-8-11-16;1-3-5-7-8-6-4-2/h5-11,15,17H,1,3,12-14H2,2,4H3,(H,23,24);3,5-8H,1,4H2,2H3/b18-9-;7-5-,8-6-/t15?,17-;/m0./s1. The lowest BCUT2D eigenvalue weighted by molar-refractivity contribution is 0.179. The van der Waals surface area contributed by atoms with E-state index >= 15 is 0 Å². The van der Waals surface area contributed by atoms with Crippen LogP contribution < -0.4 is 0 Å². The van der Waals surface area contributed by atoms with Crippen LogP contribution in [-0.2, 0) is 0 Å². The van der Waals surface area contributed by atoms with E-state index in [9.17, 15) is 0 Å². The Morgan fingerprint density at radius 1 is 1.15 bits per heavy atom. The largest absolute Gasteiger partial charge is 0.341 e. The van der Waals surface area contributed by atoms with Crippen LogP contribution in [0.3, 0.4) is 0 Å². The zero-order valence-corrected chi connectivity index (χ0v) is 20.4. The van der Waals surface area contributed by atoms with E-state index in [2.05, 4.69) is 73.9 Å². The number of H-pyrrole nitrogens is 1. The summed E-state index contributed by atoms with van der Waals surface area (Å²) in [5.41, 5.74) is 3.89. The van der Waals surface area contributed by atoms with E-state index in [0.29, 0.717) is 12.0 Å². The molecular weight excluding hydrogens is 404 g/mol. The van der Waals surface area contributed by atoms with Gasteiger partial charge in [0.2, 0.25) is 0 Å². The number of benzene rings is 1. The molecule has 4 heteroatoms. The SMILES string of the molecule is C=C/C=C(\N=C)c1nc(-c2ccccc2)[nH]c1[C@H]1CCC(C)N(C)C1.C=C/C=C\C=C/CC. The van der Waals surface area contributed by atoms with Crippen molar-refractivity contribution in [3.63, 3.8) is 0 Å². The minimum atomic E-state index is 0.413. The normalized spacial score (nSPS) is 19.3. The number of allylic oxidation sites excluding steroid dienone is 7. The number of hydrogen-bond acceptors (Lipinski definition) is 3. The summed E-state index contributed by atoms with van der Waals surface area (Å²) in [6.45, 7) is 16.5. The maximum absolute atomic E-state index is 4.87. The van der Waals surface area contributed by atoms with Gasteiger partial charge in [0.1, 0.15) is 11.5 Å². The number of hydrogen-bond donors (Lipinski definition) is 1. The second-order valence-corrected chi connectivity index (χ2v) is 8.18. The molecule has 1 saturated heterocycles. The molecule has 3 rings (SSSR count). The molecule has 1 fully saturated rings. The van der Waals surface area contributed by atoms with Crippen LogP contribution in [0.1, 0.15) is 50.4 Å². The van der Waals surface area contributed by atoms with Gasteiger partial charge in [-0.1, -0.05) is 86.9 Å². The molecule has 33 heavy (non-hydrogen) atoms. The van der Waals surface area contributed by atoms with Gasteiger partial charge in [0.25, 0.3) is 0 Å². The Morgan fingerprint density at radius 3 is 2.52 bits per heavy atom. The molecule has 0 aliphatic carbocycles. The number of nitrogens with zero attached hydrogens (tertiary/aromatic N) is 3. The number of likely N-dealkylation sites (tertiary alicyclic amines) is 1. The highest BCUT2D eigenvalue weighted by atomic mass is 15.1. The maximum Gasteiger partial charge on any atom is 0.138 e. The highest BCUT2D eigenvalue weighted by Gasteiger charge is 2.28. The van der Waals surface area contributed by atoms with Crippen LogP contribution >= 0.6 is 0 Å². The number of rotatable bonds is 8. The average molecular weight is 443 g/mol. The molecule has 4 nitrogen and oxygen atoms in total. The first kappa shape index (κ1) is 26.0. The monoisotopic (exact) mass is 442 g/mol. The predicted octanol–water partition coefficient (Wildman–Crippen LogP) is 7.20. The van der Waals surface area contributed by atoms with Crippen LogP contribution in [0.2, 0.25) is 0 Å². The van der Waals surface area contributed by atoms with Crippen LogP contribution in [0.4, 0.5) is 0 Å². The molecule has 0 bridgehead atoms. The van der Waals surface area contributed by atoms with Crippen molar-refractivity contribution in [2.24, 2.45) is 4.99 Å². The van der Waals surface area contributed by atoms with Crippen molar-refractivity contribution in [2.45, 2.75) is 45.1 Å². The van der Waals surface area contributed by atoms with Gasteiger partial charge < -0.3 is 9.88 Å². The van der Waals surface area contributed by atoms with Gasteiger partial charge in [-0.15, -0.1) is 0 Å². The first-order valence-corrected chi connectivity index (χ1v) is 11.6. The van der Waals surface area contributed by atoms with Gasteiger partial charge in [-0.25, -0.2) is 4.98 Å². The molecule has 1 unspecified atom stereocenters. The Kier molecular flexibility index (Phi) is 11.1. The van der Waals surface area contributed by atoms with Crippen LogP contribution in [0, 0.1) is 0 Å². The number of nitrogens with one attached hydrogen (secondary N) is 1. The van der Waals surface area contributed by atoms with Gasteiger partial charge in [0.15, 0.2) is 0 Å². The predicted molar refractivity (Wildman–Crippen MR) is 145 cm³/mol. The molecule has 1 aromatic heterocycles. The Bertz CT molecular complexity index is 978. The van der Waals surface area contributed by atoms with E-state index in [-0.39, 0.29) is 0 Å². The molecule has 2 heterocycles. The Labute approximate surface area is 199 Å². The minimum Gasteiger partial charge on any atom is -0.341 e. The number of aromatic nitrogens is 2. The highest BCUT2D eigenvalue weighted by molar-refractivity contribution is 5.71. The van der Waals surface area contributed by atoms with Crippen molar-refractivity contribution in [3.8, 4) is 11.4 Å². The molecule has 1 aliphatic heterocycles. The molecule has 2 aromatic rings. The molecule has 1 aromatic carbocycles. The summed E-state index contributed by atoms with van der Waals surface area (Å²) in [5, 5.41) is 0. The number of aliphatic imine (C=N–C) groups is 1. The zero-order valence-electron chi connectivity index (χ0n) is 20.4. The molecule has 174 valence electrons. The number of imidazole rings is 1. The quantitative estimate of drug-likeness (QED) is 0.347. The van der Waals surface area contributed by atoms with Crippen molar-refractivity contribution in [1.29, 1.82) is 0 Å². The second-order valence-electron chi connectivity index (χ2n) is 8.18. The molecular formula is C29H38N4. The molecule has 0 saturated carbocycles. The number of aromatic amines is 1. The summed E-state index contributed by atoms with van der Waals surface area (Å²) >= 11 is 0. The second kappa shape index (κ2) is 14.0. The van der Waals surface area contributed by atoms with E-state index < -0.39 is 0 Å². The summed E-state index contributed by atoms with van der Waals surface area (Å²) in [7, 11) is 2.19. The number of piperidine rings is 1. The van der Waals surface area contributed by atoms with E-state index in [1.54, 1.807) is 12.2 Å². The van der Waals surface area contributed by atoms with Gasteiger partial charge in [-0.05, 0) is 46.0 Å². The fourth-order valence-electron chi connectivity index (χ4n) is 3.80.